The van der Waals surface area contributed by atoms with Crippen LogP contribution < -0.4 is 0 Å². The number of hydrogen-bond acceptors (Lipinski definition) is 4. The largest absolute Gasteiger partial charge is 0.480 e. The molecule has 1 amide bonds. The Morgan fingerprint density at radius 3 is 2.68 bits per heavy atom. The molecule has 0 aromatic heterocycles. The van der Waals surface area contributed by atoms with Crippen molar-refractivity contribution in [3.63, 3.8) is 0 Å². The summed E-state index contributed by atoms with van der Waals surface area (Å²) in [5, 5.41) is 8.79. The molecule has 0 bridgehead atoms. The summed E-state index contributed by atoms with van der Waals surface area (Å²) >= 11 is 0. The van der Waals surface area contributed by atoms with Crippen molar-refractivity contribution in [1.82, 2.24) is 4.90 Å². The molecule has 1 N–H and O–H groups in total. The quantitative estimate of drug-likeness (QED) is 0.711. The van der Waals surface area contributed by atoms with E-state index in [2.05, 4.69) is 0 Å². The molecule has 1 heterocycles. The first-order valence-corrected chi connectivity index (χ1v) is 6.67. The molecule has 19 heavy (non-hydrogen) atoms. The van der Waals surface area contributed by atoms with E-state index >= 15 is 0 Å². The first-order chi connectivity index (χ1) is 9.02. The molecule has 1 aliphatic heterocycles. The van der Waals surface area contributed by atoms with Gasteiger partial charge in [0.15, 0.2) is 0 Å². The summed E-state index contributed by atoms with van der Waals surface area (Å²) in [6.45, 7) is 2.40. The first-order valence-electron chi connectivity index (χ1n) is 6.67. The van der Waals surface area contributed by atoms with Gasteiger partial charge in [-0.3, -0.25) is 9.59 Å². The summed E-state index contributed by atoms with van der Waals surface area (Å²) in [6, 6.07) is 0. The molecule has 0 saturated carbocycles. The van der Waals surface area contributed by atoms with Crippen LogP contribution in [0.2, 0.25) is 0 Å². The Kier molecular flexibility index (Phi) is 6.80. The molecule has 2 atom stereocenters. The fraction of sp³-hybridized carbons (Fsp3) is 0.846. The number of hydrogen-bond donors (Lipinski definition) is 1. The molecule has 1 aliphatic rings. The number of carboxylic acid groups (broad SMARTS) is 1. The SMILES string of the molecule is COCCN(CC(=O)O)C(=O)CC[C@@H]1CC[C@H](C)O1. The molecule has 0 unspecified atom stereocenters. The zero-order valence-corrected chi connectivity index (χ0v) is 11.6. The highest BCUT2D eigenvalue weighted by Crippen LogP contribution is 2.22. The lowest BCUT2D eigenvalue weighted by Crippen LogP contribution is -2.38. The van der Waals surface area contributed by atoms with Gasteiger partial charge >= 0.3 is 5.97 Å². The number of ether oxygens (including phenoxy) is 2. The van der Waals surface area contributed by atoms with E-state index in [4.69, 9.17) is 14.6 Å². The van der Waals surface area contributed by atoms with E-state index in [0.717, 1.165) is 12.8 Å². The summed E-state index contributed by atoms with van der Waals surface area (Å²) in [6.07, 6.45) is 3.39. The third-order valence-corrected chi connectivity index (χ3v) is 3.24. The van der Waals surface area contributed by atoms with Crippen molar-refractivity contribution in [2.24, 2.45) is 0 Å². The van der Waals surface area contributed by atoms with Crippen LogP contribution in [0.15, 0.2) is 0 Å². The lowest BCUT2D eigenvalue weighted by atomic mass is 10.1. The van der Waals surface area contributed by atoms with Crippen molar-refractivity contribution in [2.45, 2.75) is 44.8 Å². The number of rotatable bonds is 8. The molecule has 0 aliphatic carbocycles. The van der Waals surface area contributed by atoms with Gasteiger partial charge in [0.2, 0.25) is 5.91 Å². The number of amides is 1. The van der Waals surface area contributed by atoms with Crippen LogP contribution >= 0.6 is 0 Å². The summed E-state index contributed by atoms with van der Waals surface area (Å²) in [7, 11) is 1.52. The molecule has 0 spiro atoms. The van der Waals surface area contributed by atoms with Crippen LogP contribution in [0, 0.1) is 0 Å². The summed E-state index contributed by atoms with van der Waals surface area (Å²) < 4.78 is 10.5. The Labute approximate surface area is 113 Å². The van der Waals surface area contributed by atoms with E-state index in [0.29, 0.717) is 26.0 Å². The van der Waals surface area contributed by atoms with Crippen LogP contribution in [0.5, 0.6) is 0 Å². The molecule has 0 aromatic rings. The topological polar surface area (TPSA) is 76.1 Å². The van der Waals surface area contributed by atoms with Gasteiger partial charge in [-0.25, -0.2) is 0 Å². The standard InChI is InChI=1S/C13H23NO5/c1-10-3-4-11(19-10)5-6-12(15)14(7-8-18-2)9-13(16)17/h10-11H,3-9H2,1-2H3,(H,16,17)/t10-,11-/m0/s1. The lowest BCUT2D eigenvalue weighted by Gasteiger charge is -2.21. The highest BCUT2D eigenvalue weighted by Gasteiger charge is 2.24. The van der Waals surface area contributed by atoms with Crippen molar-refractivity contribution >= 4 is 11.9 Å². The average molecular weight is 273 g/mol. The number of carbonyl (C=O) groups is 2. The highest BCUT2D eigenvalue weighted by atomic mass is 16.5. The van der Waals surface area contributed by atoms with Crippen LogP contribution in [-0.2, 0) is 19.1 Å². The molecule has 1 rings (SSSR count). The van der Waals surface area contributed by atoms with Crippen LogP contribution in [0.25, 0.3) is 0 Å². The zero-order valence-electron chi connectivity index (χ0n) is 11.6. The molecular weight excluding hydrogens is 250 g/mol. The zero-order chi connectivity index (χ0) is 14.3. The van der Waals surface area contributed by atoms with Crippen LogP contribution in [0.3, 0.4) is 0 Å². The molecule has 6 nitrogen and oxygen atoms in total. The Balaban J connectivity index is 2.35. The molecule has 1 fully saturated rings. The van der Waals surface area contributed by atoms with Crippen LogP contribution in [0.1, 0.15) is 32.6 Å². The van der Waals surface area contributed by atoms with E-state index in [1.807, 2.05) is 6.92 Å². The number of carboxylic acids is 1. The second kappa shape index (κ2) is 8.12. The van der Waals surface area contributed by atoms with Crippen LogP contribution in [-0.4, -0.2) is 60.9 Å². The second-order valence-corrected chi connectivity index (χ2v) is 4.89. The summed E-state index contributed by atoms with van der Waals surface area (Å²) in [5.41, 5.74) is 0. The monoisotopic (exact) mass is 273 g/mol. The number of nitrogens with zero attached hydrogens (tertiary/aromatic N) is 1. The minimum absolute atomic E-state index is 0.132. The molecule has 1 saturated heterocycles. The third kappa shape index (κ3) is 6.02. The highest BCUT2D eigenvalue weighted by molar-refractivity contribution is 5.81. The smallest absolute Gasteiger partial charge is 0.323 e. The molecule has 0 aromatic carbocycles. The van der Waals surface area contributed by atoms with E-state index in [9.17, 15) is 9.59 Å². The molecular formula is C13H23NO5. The van der Waals surface area contributed by atoms with Crippen LogP contribution in [0.4, 0.5) is 0 Å². The predicted molar refractivity (Wildman–Crippen MR) is 68.9 cm³/mol. The predicted octanol–water partition coefficient (Wildman–Crippen LogP) is 0.894. The van der Waals surface area contributed by atoms with E-state index in [1.54, 1.807) is 0 Å². The van der Waals surface area contributed by atoms with Gasteiger partial charge in [0.1, 0.15) is 6.54 Å². The number of carbonyl (C=O) groups excluding carboxylic acids is 1. The van der Waals surface area contributed by atoms with Gasteiger partial charge in [0.25, 0.3) is 0 Å². The minimum atomic E-state index is -1.00. The maximum atomic E-state index is 12.0. The molecule has 0 radical (unpaired) electrons. The van der Waals surface area contributed by atoms with Gasteiger partial charge in [-0.2, -0.15) is 0 Å². The Morgan fingerprint density at radius 1 is 1.42 bits per heavy atom. The minimum Gasteiger partial charge on any atom is -0.480 e. The lowest BCUT2D eigenvalue weighted by molar-refractivity contribution is -0.145. The van der Waals surface area contributed by atoms with E-state index < -0.39 is 5.97 Å². The van der Waals surface area contributed by atoms with Gasteiger partial charge in [-0.1, -0.05) is 0 Å². The summed E-state index contributed by atoms with van der Waals surface area (Å²) in [4.78, 5) is 24.0. The van der Waals surface area contributed by atoms with Crippen molar-refractivity contribution in [3.8, 4) is 0 Å². The fourth-order valence-electron chi connectivity index (χ4n) is 2.20. The van der Waals surface area contributed by atoms with E-state index in [-0.39, 0.29) is 24.7 Å². The first kappa shape index (κ1) is 15.9. The average Bonchev–Trinajstić information content (AvgIpc) is 2.77. The maximum absolute atomic E-state index is 12.0. The van der Waals surface area contributed by atoms with Crippen molar-refractivity contribution in [3.05, 3.63) is 0 Å². The number of methoxy groups -OCH3 is 1. The molecule has 110 valence electrons. The Hall–Kier alpha value is -1.14. The third-order valence-electron chi connectivity index (χ3n) is 3.24. The van der Waals surface area contributed by atoms with Crippen molar-refractivity contribution in [2.75, 3.05) is 26.8 Å². The van der Waals surface area contributed by atoms with E-state index in [1.165, 1.54) is 12.0 Å². The Bertz CT molecular complexity index is 307. The second-order valence-electron chi connectivity index (χ2n) is 4.89. The van der Waals surface area contributed by atoms with Gasteiger partial charge < -0.3 is 19.5 Å². The van der Waals surface area contributed by atoms with Gasteiger partial charge in [0.05, 0.1) is 18.8 Å². The maximum Gasteiger partial charge on any atom is 0.323 e. The normalized spacial score (nSPS) is 22.4. The van der Waals surface area contributed by atoms with Gasteiger partial charge in [0, 0.05) is 20.1 Å². The number of aliphatic carboxylic acids is 1. The fourth-order valence-corrected chi connectivity index (χ4v) is 2.20. The van der Waals surface area contributed by atoms with Crippen molar-refractivity contribution in [1.29, 1.82) is 0 Å². The van der Waals surface area contributed by atoms with Gasteiger partial charge in [-0.05, 0) is 26.2 Å². The van der Waals surface area contributed by atoms with Crippen molar-refractivity contribution < 1.29 is 24.2 Å². The summed E-state index contributed by atoms with van der Waals surface area (Å²) in [5.74, 6) is -1.15. The molecule has 6 heteroatoms. The van der Waals surface area contributed by atoms with Gasteiger partial charge in [-0.15, -0.1) is 0 Å². The Morgan fingerprint density at radius 2 is 2.16 bits per heavy atom.